The first-order valence-electron chi connectivity index (χ1n) is 9.76. The second-order valence-electron chi connectivity index (χ2n) is 7.19. The van der Waals surface area contributed by atoms with Crippen LogP contribution in [0.15, 0.2) is 48.7 Å². The molecule has 2 amide bonds. The van der Waals surface area contributed by atoms with Gasteiger partial charge >= 0.3 is 0 Å². The Bertz CT molecular complexity index is 841. The molecule has 1 aromatic carbocycles. The van der Waals surface area contributed by atoms with Crippen LogP contribution in [-0.2, 0) is 20.7 Å². The fraction of sp³-hybridized carbons (Fsp3) is 0.409. The molecule has 2 heterocycles. The fourth-order valence-corrected chi connectivity index (χ4v) is 3.66. The first-order chi connectivity index (χ1) is 14.0. The van der Waals surface area contributed by atoms with Gasteiger partial charge in [0.1, 0.15) is 6.61 Å². The van der Waals surface area contributed by atoms with Crippen LogP contribution >= 0.6 is 0 Å². The number of rotatable bonds is 7. The number of nitrogens with one attached hydrogen (secondary N) is 1. The highest BCUT2D eigenvalue weighted by atomic mass is 16.5. The molecule has 0 bridgehead atoms. The highest BCUT2D eigenvalue weighted by Gasteiger charge is 2.42. The molecule has 0 spiro atoms. The Morgan fingerprint density at radius 1 is 1.28 bits per heavy atom. The number of hydrogen-bond donors (Lipinski definition) is 1. The minimum Gasteiger partial charge on any atom is -0.481 e. The van der Waals surface area contributed by atoms with Crippen LogP contribution < -0.4 is 10.1 Å². The van der Waals surface area contributed by atoms with Crippen molar-refractivity contribution in [1.82, 2.24) is 15.2 Å². The number of carbonyl (C=O) groups is 2. The van der Waals surface area contributed by atoms with E-state index in [4.69, 9.17) is 9.47 Å². The van der Waals surface area contributed by atoms with Crippen LogP contribution in [0.1, 0.15) is 31.0 Å². The number of pyridine rings is 1. The Morgan fingerprint density at radius 2 is 2.03 bits per heavy atom. The lowest BCUT2D eigenvalue weighted by Gasteiger charge is -2.42. The van der Waals surface area contributed by atoms with E-state index in [9.17, 15) is 9.59 Å². The van der Waals surface area contributed by atoms with Gasteiger partial charge in [-0.3, -0.25) is 9.59 Å². The average molecular weight is 397 g/mol. The minimum atomic E-state index is -0.770. The smallest absolute Gasteiger partial charge is 0.251 e. The molecule has 0 radical (unpaired) electrons. The van der Waals surface area contributed by atoms with Gasteiger partial charge in [-0.25, -0.2) is 4.98 Å². The number of aromatic nitrogens is 1. The molecular formula is C22H27N3O4. The predicted molar refractivity (Wildman–Crippen MR) is 108 cm³/mol. The predicted octanol–water partition coefficient (Wildman–Crippen LogP) is 2.13. The van der Waals surface area contributed by atoms with E-state index in [0.29, 0.717) is 18.8 Å². The van der Waals surface area contributed by atoms with Crippen molar-refractivity contribution in [2.45, 2.75) is 38.5 Å². The highest BCUT2D eigenvalue weighted by molar-refractivity contribution is 5.86. The Balaban J connectivity index is 1.74. The molecule has 2 aromatic rings. The van der Waals surface area contributed by atoms with Crippen LogP contribution in [0.2, 0.25) is 0 Å². The summed E-state index contributed by atoms with van der Waals surface area (Å²) in [6, 6.07) is 12.8. The zero-order chi connectivity index (χ0) is 20.8. The van der Waals surface area contributed by atoms with Crippen molar-refractivity contribution in [2.75, 3.05) is 20.3 Å². The molecule has 1 aliphatic rings. The maximum atomic E-state index is 13.0. The van der Waals surface area contributed by atoms with E-state index in [1.807, 2.05) is 56.3 Å². The monoisotopic (exact) mass is 397 g/mol. The molecule has 0 aliphatic carbocycles. The second kappa shape index (κ2) is 9.52. The molecule has 1 saturated heterocycles. The van der Waals surface area contributed by atoms with Gasteiger partial charge in [0, 0.05) is 24.3 Å². The maximum Gasteiger partial charge on any atom is 0.251 e. The Morgan fingerprint density at radius 3 is 2.72 bits per heavy atom. The number of carbonyl (C=O) groups excluding carboxylic acids is 2. The topological polar surface area (TPSA) is 80.8 Å². The number of amides is 2. The van der Waals surface area contributed by atoms with Crippen LogP contribution in [0.25, 0.3) is 0 Å². The first kappa shape index (κ1) is 20.8. The maximum absolute atomic E-state index is 13.0. The third-order valence-corrected chi connectivity index (χ3v) is 4.95. The lowest BCUT2D eigenvalue weighted by molar-refractivity contribution is -0.167. The molecule has 1 fully saturated rings. The van der Waals surface area contributed by atoms with E-state index in [2.05, 4.69) is 10.3 Å². The molecule has 29 heavy (non-hydrogen) atoms. The molecule has 7 heteroatoms. The molecule has 0 unspecified atom stereocenters. The quantitative estimate of drug-likeness (QED) is 0.774. The number of nitrogens with zero attached hydrogens (tertiary/aromatic N) is 2. The van der Waals surface area contributed by atoms with Gasteiger partial charge in [0.2, 0.25) is 11.8 Å². The first-order valence-corrected chi connectivity index (χ1v) is 9.76. The summed E-state index contributed by atoms with van der Waals surface area (Å²) in [6.45, 7) is 4.21. The van der Waals surface area contributed by atoms with Crippen LogP contribution in [-0.4, -0.2) is 54.1 Å². The lowest BCUT2D eigenvalue weighted by Crippen LogP contribution is -2.56. The Labute approximate surface area is 171 Å². The van der Waals surface area contributed by atoms with Gasteiger partial charge in [0.05, 0.1) is 13.2 Å². The molecule has 7 nitrogen and oxygen atoms in total. The number of benzene rings is 1. The normalized spacial score (nSPS) is 19.3. The van der Waals surface area contributed by atoms with E-state index in [0.717, 1.165) is 11.1 Å². The summed E-state index contributed by atoms with van der Waals surface area (Å²) in [6.07, 6.45) is 1.48. The van der Waals surface area contributed by atoms with Crippen LogP contribution in [0.3, 0.4) is 0 Å². The van der Waals surface area contributed by atoms with E-state index >= 15 is 0 Å². The molecule has 3 rings (SSSR count). The summed E-state index contributed by atoms with van der Waals surface area (Å²) in [5.41, 5.74) is 1.79. The Hall–Kier alpha value is -2.93. The zero-order valence-corrected chi connectivity index (χ0v) is 17.0. The highest BCUT2D eigenvalue weighted by Crippen LogP contribution is 2.32. The van der Waals surface area contributed by atoms with E-state index < -0.39 is 12.1 Å². The van der Waals surface area contributed by atoms with Gasteiger partial charge in [-0.05, 0) is 31.9 Å². The van der Waals surface area contributed by atoms with Crippen molar-refractivity contribution < 1.29 is 19.1 Å². The fourth-order valence-electron chi connectivity index (χ4n) is 3.66. The largest absolute Gasteiger partial charge is 0.481 e. The van der Waals surface area contributed by atoms with Gasteiger partial charge in [-0.2, -0.15) is 0 Å². The molecule has 154 valence electrons. The summed E-state index contributed by atoms with van der Waals surface area (Å²) in [5, 5.41) is 2.94. The van der Waals surface area contributed by atoms with Gasteiger partial charge < -0.3 is 19.7 Å². The van der Waals surface area contributed by atoms with E-state index in [1.54, 1.807) is 18.2 Å². The molecule has 1 aliphatic heterocycles. The van der Waals surface area contributed by atoms with Crippen molar-refractivity contribution in [1.29, 1.82) is 0 Å². The van der Waals surface area contributed by atoms with Crippen LogP contribution in [0, 0.1) is 0 Å². The van der Waals surface area contributed by atoms with E-state index in [-0.39, 0.29) is 24.5 Å². The van der Waals surface area contributed by atoms with Gasteiger partial charge in [-0.1, -0.05) is 36.4 Å². The number of morpholine rings is 1. The summed E-state index contributed by atoms with van der Waals surface area (Å²) in [5.74, 6) is 0.201. The van der Waals surface area contributed by atoms with Crippen molar-refractivity contribution in [3.05, 3.63) is 59.8 Å². The molecule has 1 N–H and O–H groups in total. The van der Waals surface area contributed by atoms with Gasteiger partial charge in [0.15, 0.2) is 6.10 Å². The second-order valence-corrected chi connectivity index (χ2v) is 7.19. The van der Waals surface area contributed by atoms with Crippen molar-refractivity contribution in [3.63, 3.8) is 0 Å². The SMILES string of the molecule is COc1ncccc1CCNC(=O)[C@H]1OCC(=O)N(C(C)C)[C@@H]1c1ccccc1. The summed E-state index contributed by atoms with van der Waals surface area (Å²) in [4.78, 5) is 31.4. The molecule has 0 saturated carbocycles. The van der Waals surface area contributed by atoms with Gasteiger partial charge in [0.25, 0.3) is 5.91 Å². The summed E-state index contributed by atoms with van der Waals surface area (Å²) in [7, 11) is 1.57. The lowest BCUT2D eigenvalue weighted by atomic mass is 9.95. The number of ether oxygens (including phenoxy) is 2. The van der Waals surface area contributed by atoms with Crippen molar-refractivity contribution in [3.8, 4) is 5.88 Å². The summed E-state index contributed by atoms with van der Waals surface area (Å²) < 4.78 is 11.0. The minimum absolute atomic E-state index is 0.0495. The summed E-state index contributed by atoms with van der Waals surface area (Å²) >= 11 is 0. The van der Waals surface area contributed by atoms with Crippen LogP contribution in [0.4, 0.5) is 0 Å². The van der Waals surface area contributed by atoms with Crippen LogP contribution in [0.5, 0.6) is 5.88 Å². The van der Waals surface area contributed by atoms with E-state index in [1.165, 1.54) is 0 Å². The molecule has 2 atom stereocenters. The van der Waals surface area contributed by atoms with Gasteiger partial charge in [-0.15, -0.1) is 0 Å². The third-order valence-electron chi connectivity index (χ3n) is 4.95. The Kier molecular flexibility index (Phi) is 6.82. The third kappa shape index (κ3) is 4.74. The molecule has 1 aromatic heterocycles. The number of methoxy groups -OCH3 is 1. The van der Waals surface area contributed by atoms with Crippen molar-refractivity contribution >= 4 is 11.8 Å². The van der Waals surface area contributed by atoms with Crippen molar-refractivity contribution in [2.24, 2.45) is 0 Å². The number of hydrogen-bond acceptors (Lipinski definition) is 5. The molecular weight excluding hydrogens is 370 g/mol. The average Bonchev–Trinajstić information content (AvgIpc) is 2.74. The zero-order valence-electron chi connectivity index (χ0n) is 17.0. The standard InChI is InChI=1S/C22H27N3O4/c1-15(2)25-18(26)14-29-20(19(25)16-8-5-4-6-9-16)21(27)23-13-11-17-10-7-12-24-22(17)28-3/h4-10,12,15,19-20H,11,13-14H2,1-3H3,(H,23,27)/t19-,20+/m1/s1.